The summed E-state index contributed by atoms with van der Waals surface area (Å²) < 4.78 is 153. The van der Waals surface area contributed by atoms with Crippen molar-refractivity contribution in [1.82, 2.24) is 87.6 Å². The molecule has 14 rings (SSSR count). The van der Waals surface area contributed by atoms with E-state index in [4.69, 9.17) is 82.8 Å². The fourth-order valence-electron chi connectivity index (χ4n) is 12.6. The molecule has 5 saturated heterocycles. The molecule has 54 nitrogen and oxygen atoms in total. The number of aromatic amines is 5. The number of nitrogen functional groups attached to an aromatic ring is 4. The second-order valence-corrected chi connectivity index (χ2v) is 31.8. The Bertz CT molecular complexity index is 5640. The van der Waals surface area contributed by atoms with Crippen molar-refractivity contribution in [3.8, 4) is 0 Å². The maximum atomic E-state index is 14.4. The van der Waals surface area contributed by atoms with Gasteiger partial charge in [0.1, 0.15) is 86.1 Å². The average molecular weight is 1640 g/mol. The largest absolute Gasteiger partial charge is 0.472 e. The van der Waals surface area contributed by atoms with Crippen molar-refractivity contribution in [2.45, 2.75) is 131 Å². The first kappa shape index (κ1) is 77.3. The molecule has 5 aliphatic heterocycles. The first-order valence-corrected chi connectivity index (χ1v) is 39.4. The molecule has 0 aromatic carbocycles. The fraction of sp³-hybridized carbons (Fsp3) is 0.520. The smallest absolute Gasteiger partial charge is 0.390 e. The van der Waals surface area contributed by atoms with Gasteiger partial charge in [-0.15, -0.1) is 0 Å². The molecular weight excluding hydrogens is 1580 g/mol. The van der Waals surface area contributed by atoms with Gasteiger partial charge in [0.05, 0.1) is 64.4 Å². The Labute approximate surface area is 601 Å². The summed E-state index contributed by atoms with van der Waals surface area (Å²) >= 11 is 0. The van der Waals surface area contributed by atoms with Gasteiger partial charge in [-0.1, -0.05) is 0 Å². The van der Waals surface area contributed by atoms with Gasteiger partial charge in [0.2, 0.25) is 23.8 Å². The number of ether oxygens (including phenoxy) is 5. The molecule has 0 spiro atoms. The number of nitrogens with zero attached hydrogens (tertiary/aromatic N) is 13. The number of phosphoric acid groups is 5. The van der Waals surface area contributed by atoms with Crippen LogP contribution in [-0.2, 0) is 87.2 Å². The number of hydrogen-bond acceptors (Lipinski definition) is 38. The zero-order valence-corrected chi connectivity index (χ0v) is 59.8. The summed E-state index contributed by atoms with van der Waals surface area (Å²) in [7, 11) is -27.3. The van der Waals surface area contributed by atoms with Crippen LogP contribution in [0.5, 0.6) is 0 Å². The molecule has 0 radical (unpaired) electrons. The number of aliphatic hydroxyl groups is 1. The van der Waals surface area contributed by atoms with E-state index in [-0.39, 0.29) is 74.5 Å². The molecule has 59 heteroatoms. The lowest BCUT2D eigenvalue weighted by Crippen LogP contribution is -2.33. The highest BCUT2D eigenvalue weighted by molar-refractivity contribution is 7.48. The summed E-state index contributed by atoms with van der Waals surface area (Å²) in [5.41, 5.74) is 16.9. The predicted molar refractivity (Wildman–Crippen MR) is 356 cm³/mol. The van der Waals surface area contributed by atoms with Crippen molar-refractivity contribution in [2.24, 2.45) is 0 Å². The average Bonchev–Trinajstić information content (AvgIpc) is 1.62. The van der Waals surface area contributed by atoms with Crippen LogP contribution in [0.25, 0.3) is 44.7 Å². The zero-order chi connectivity index (χ0) is 77.7. The molecule has 109 heavy (non-hydrogen) atoms. The molecule has 0 saturated carbocycles. The second-order valence-electron chi connectivity index (χ2n) is 24.9. The van der Waals surface area contributed by atoms with Gasteiger partial charge in [-0.25, -0.2) is 47.6 Å². The molecule has 19 atom stereocenters. The van der Waals surface area contributed by atoms with Crippen LogP contribution < -0.4 is 56.4 Å². The van der Waals surface area contributed by atoms with E-state index in [1.165, 1.54) is 27.0 Å². The van der Waals surface area contributed by atoms with Gasteiger partial charge in [-0.3, -0.25) is 112 Å². The number of hydrogen-bond donors (Lipinski definition) is 16. The van der Waals surface area contributed by atoms with Crippen LogP contribution in [-0.4, -0.2) is 216 Å². The highest BCUT2D eigenvalue weighted by atomic mass is 31.2. The Morgan fingerprint density at radius 2 is 0.670 bits per heavy atom. The van der Waals surface area contributed by atoms with Gasteiger partial charge in [0.25, 0.3) is 27.8 Å². The van der Waals surface area contributed by atoms with E-state index >= 15 is 0 Å². The summed E-state index contributed by atoms with van der Waals surface area (Å²) in [6.07, 6.45) is -19.7. The van der Waals surface area contributed by atoms with Gasteiger partial charge in [-0.2, -0.15) is 19.9 Å². The summed E-state index contributed by atoms with van der Waals surface area (Å²) in [5, 5.41) is 11.0. The van der Waals surface area contributed by atoms with Crippen molar-refractivity contribution < 1.29 is 122 Å². The fourth-order valence-corrected chi connectivity index (χ4v) is 16.8. The number of nitrogens with two attached hydrogens (primary N) is 4. The number of nitrogens with one attached hydrogen (secondary N) is 5. The maximum absolute atomic E-state index is 14.4. The summed E-state index contributed by atoms with van der Waals surface area (Å²) in [5.74, 6) is -1.35. The van der Waals surface area contributed by atoms with Crippen molar-refractivity contribution in [1.29, 1.82) is 0 Å². The highest BCUT2D eigenvalue weighted by Gasteiger charge is 2.51. The van der Waals surface area contributed by atoms with Gasteiger partial charge in [0.15, 0.2) is 44.7 Å². The maximum Gasteiger partial charge on any atom is 0.472 e. The van der Waals surface area contributed by atoms with Crippen LogP contribution in [0, 0.1) is 6.92 Å². The van der Waals surface area contributed by atoms with Crippen molar-refractivity contribution in [2.75, 3.05) is 56.0 Å². The molecule has 5 fully saturated rings. The third-order valence-electron chi connectivity index (χ3n) is 17.5. The Kier molecular flexibility index (Phi) is 21.1. The van der Waals surface area contributed by atoms with Crippen LogP contribution in [0.2, 0.25) is 0 Å². The normalized spacial score (nSPS) is 28.3. The van der Waals surface area contributed by atoms with E-state index in [1.807, 2.05) is 0 Å². The summed E-state index contributed by atoms with van der Waals surface area (Å²) in [6.45, 7) is -3.78. The quantitative estimate of drug-likeness (QED) is 0.0213. The molecule has 20 N–H and O–H groups in total. The van der Waals surface area contributed by atoms with Crippen molar-refractivity contribution >= 4 is 108 Å². The first-order valence-electron chi connectivity index (χ1n) is 31.9. The minimum Gasteiger partial charge on any atom is -0.390 e. The Morgan fingerprint density at radius 1 is 0.404 bits per heavy atom. The number of rotatable bonds is 28. The molecule has 0 amide bonds. The molecule has 0 bridgehead atoms. The van der Waals surface area contributed by atoms with E-state index in [9.17, 15) is 86.1 Å². The number of H-pyrrole nitrogens is 5. The van der Waals surface area contributed by atoms with Crippen LogP contribution in [0.1, 0.15) is 68.8 Å². The molecular formula is C50H63N22O32P5. The van der Waals surface area contributed by atoms with Gasteiger partial charge in [0, 0.05) is 43.9 Å². The Balaban J connectivity index is 0.679. The summed E-state index contributed by atoms with van der Waals surface area (Å²) in [6, 6.07) is 0. The number of phosphoric ester groups is 5. The lowest BCUT2D eigenvalue weighted by atomic mass is 10.2. The van der Waals surface area contributed by atoms with Gasteiger partial charge < -0.3 is 81.1 Å². The van der Waals surface area contributed by atoms with Crippen LogP contribution >= 0.6 is 39.1 Å². The molecule has 9 aromatic heterocycles. The Morgan fingerprint density at radius 3 is 0.972 bits per heavy atom. The molecule has 14 heterocycles. The van der Waals surface area contributed by atoms with Crippen LogP contribution in [0.4, 0.5) is 23.8 Å². The third kappa shape index (κ3) is 16.8. The van der Waals surface area contributed by atoms with Crippen molar-refractivity contribution in [3.63, 3.8) is 0 Å². The molecule has 0 aliphatic carbocycles. The van der Waals surface area contributed by atoms with E-state index in [2.05, 4.69) is 69.3 Å². The lowest BCUT2D eigenvalue weighted by Gasteiger charge is -2.25. The number of aromatic nitrogens is 18. The molecule has 590 valence electrons. The van der Waals surface area contributed by atoms with E-state index in [0.717, 1.165) is 34.3 Å². The molecule has 5 aliphatic rings. The summed E-state index contributed by atoms with van der Waals surface area (Å²) in [4.78, 5) is 185. The third-order valence-corrected chi connectivity index (χ3v) is 22.1. The minimum absolute atomic E-state index is 0.00564. The number of aliphatic hydroxyl groups excluding tert-OH is 1. The number of aryl methyl sites for hydroxylation is 1. The molecule has 4 unspecified atom stereocenters. The number of fused-ring (bicyclic) bond motifs is 4. The van der Waals surface area contributed by atoms with Crippen molar-refractivity contribution in [3.05, 3.63) is 99.3 Å². The number of anilines is 4. The number of imidazole rings is 4. The predicted octanol–water partition coefficient (Wildman–Crippen LogP) is -3.38. The monoisotopic (exact) mass is 1640 g/mol. The van der Waals surface area contributed by atoms with E-state index in [1.54, 1.807) is 0 Å². The zero-order valence-electron chi connectivity index (χ0n) is 55.3. The van der Waals surface area contributed by atoms with E-state index < -0.39 is 229 Å². The lowest BCUT2D eigenvalue weighted by molar-refractivity contribution is -0.0636. The van der Waals surface area contributed by atoms with Crippen LogP contribution in [0.3, 0.4) is 0 Å². The molecule has 9 aromatic rings. The first-order chi connectivity index (χ1) is 51.4. The highest BCUT2D eigenvalue weighted by Crippen LogP contribution is 2.56. The van der Waals surface area contributed by atoms with E-state index in [0.29, 0.717) is 0 Å². The minimum atomic E-state index is -5.63. The SMILES string of the molecule is Cc1cn([C@H]2C[C@H](OP(=O)(O)OC[C@H]3O[C@@H](n4cnc5c(=O)[nH]c(N)nc54)C[C@@H]3OP(=O)(O)OC[C@H]3O[C@@H](n4cnc5c(=O)[nH]c(N)nc54)C[C@@H]3OP(=O)(O)OC[C@H]3O[C@@H](n4cnc5c(=O)[nH]c(N)nc54)C[C@@H]3O)[C@@H](COP(=O)(O)O[C@H]3C[C@H](n4cnc5c(=O)[nH]c(N)nc54)O[C@@H]3COP(=O)(O)O)O2)c(=O)[nH]c1=O. The topological polar surface area (TPSA) is 769 Å². The van der Waals surface area contributed by atoms with Gasteiger partial charge >= 0.3 is 44.8 Å². The van der Waals surface area contributed by atoms with Crippen LogP contribution in [0.15, 0.2) is 60.3 Å². The second kappa shape index (κ2) is 29.7. The van der Waals surface area contributed by atoms with Gasteiger partial charge in [-0.05, 0) is 6.92 Å². The standard InChI is InChI=1S/C50H63N22O32P5/c1-17-7-68(50(79)67-41(17)74)29-3-19(25(97-29)10-93-108(87,88)102-20-4-30(98-24(20)9-91-105(80,81)82)70-14-56-34-38(70)60-47(52)64-43(34)76)101-107(85,86)94-12-27-22(6-32(100-27)72-16-58-36-40(72)62-49(54)66-45(36)78)104-109(89,90)95-11-26-21(5-31(99-26)71-15-57-35-39(71)61-48(53)65-44(35)77)103-106(83,84)92-8-23-18(73)2-28(96-23)69-13-55-33-37(69)59-46(51)63-42(33)75/h7,13-16,18-32,73H,2-6,8-12H2,1H3,(H,83,84)(H,85,86)(H,87,88)(H,89,90)(H,67,74,79)(H2,80,81,82)(H3,51,59,63,75)(H3,52,60,64,76)(H3,53,61,65,77)(H3,54,62,66,78)/t18-,19-,20-,21-,22-,23+,24+,25+,26+,27+,28+,29+,30+,31+,32+/m0/s1. The Hall–Kier alpha value is -8.41.